The minimum atomic E-state index is -0.547. The Morgan fingerprint density at radius 3 is 2.41 bits per heavy atom. The fraction of sp³-hybridized carbons (Fsp3) is 0.258. The van der Waals surface area contributed by atoms with Crippen molar-refractivity contribution in [1.29, 1.82) is 0 Å². The fourth-order valence-corrected chi connectivity index (χ4v) is 4.22. The molecule has 0 aliphatic heterocycles. The van der Waals surface area contributed by atoms with Gasteiger partial charge in [-0.05, 0) is 85.7 Å². The van der Waals surface area contributed by atoms with Crippen molar-refractivity contribution in [1.82, 2.24) is 0 Å². The predicted molar refractivity (Wildman–Crippen MR) is 150 cm³/mol. The maximum Gasteiger partial charge on any atom is 0.291 e. The number of hydrogen-bond donors (Lipinski definition) is 1. The van der Waals surface area contributed by atoms with E-state index in [1.54, 1.807) is 18.2 Å². The molecular weight excluding hydrogens is 496 g/mol. The Balaban J connectivity index is 1.50. The Bertz CT molecular complexity index is 1540. The van der Waals surface area contributed by atoms with E-state index in [0.29, 0.717) is 17.4 Å². The van der Waals surface area contributed by atoms with Crippen molar-refractivity contribution >= 4 is 17.3 Å². The van der Waals surface area contributed by atoms with Gasteiger partial charge in [0, 0.05) is 12.1 Å². The van der Waals surface area contributed by atoms with E-state index >= 15 is 0 Å². The molecule has 1 N–H and O–H groups in total. The molecule has 0 radical (unpaired) electrons. The number of hydrogen-bond acceptors (Lipinski definition) is 6. The highest BCUT2D eigenvalue weighted by Crippen LogP contribution is 2.33. The van der Waals surface area contributed by atoms with E-state index < -0.39 is 10.8 Å². The topological polar surface area (TPSA) is 104 Å². The molecule has 1 amide bonds. The van der Waals surface area contributed by atoms with Crippen LogP contribution in [0.4, 0.5) is 11.4 Å². The number of carbonyl (C=O) groups is 1. The quantitative estimate of drug-likeness (QED) is 0.174. The van der Waals surface area contributed by atoms with Gasteiger partial charge in [-0.25, -0.2) is 0 Å². The number of rotatable bonds is 9. The summed E-state index contributed by atoms with van der Waals surface area (Å²) in [7, 11) is 0. The number of nitrogens with one attached hydrogen (secondary N) is 1. The van der Waals surface area contributed by atoms with Crippen molar-refractivity contribution in [2.45, 2.75) is 54.1 Å². The molecule has 39 heavy (non-hydrogen) atoms. The molecule has 8 nitrogen and oxygen atoms in total. The first-order valence-corrected chi connectivity index (χ1v) is 12.7. The van der Waals surface area contributed by atoms with Crippen LogP contribution in [0.15, 0.2) is 65.1 Å². The molecule has 0 saturated heterocycles. The van der Waals surface area contributed by atoms with Crippen molar-refractivity contribution in [3.63, 3.8) is 0 Å². The summed E-state index contributed by atoms with van der Waals surface area (Å²) in [5, 5.41) is 14.3. The van der Waals surface area contributed by atoms with Gasteiger partial charge in [0.25, 0.3) is 11.6 Å². The SMILES string of the molecule is Cc1ccc(C(C)C)c(OCc2ccc(C(=O)Nc3cc(Oc4cc(C)cc(C)c4C)cc([N+](=O)[O-])c3)o2)c1. The molecule has 0 spiro atoms. The molecule has 0 aliphatic rings. The molecular formula is C31H32N2O6. The second kappa shape index (κ2) is 11.4. The van der Waals surface area contributed by atoms with Gasteiger partial charge in [-0.3, -0.25) is 14.9 Å². The molecule has 202 valence electrons. The average molecular weight is 529 g/mol. The largest absolute Gasteiger partial charge is 0.485 e. The molecule has 1 aromatic heterocycles. The lowest BCUT2D eigenvalue weighted by Crippen LogP contribution is -2.11. The number of furan rings is 1. The molecule has 1 heterocycles. The minimum absolute atomic E-state index is 0.0565. The summed E-state index contributed by atoms with van der Waals surface area (Å²) in [6, 6.07) is 17.3. The molecule has 4 rings (SSSR count). The van der Waals surface area contributed by atoms with Crippen LogP contribution in [0, 0.1) is 37.8 Å². The molecule has 0 atom stereocenters. The van der Waals surface area contributed by atoms with E-state index in [-0.39, 0.29) is 29.5 Å². The van der Waals surface area contributed by atoms with Gasteiger partial charge in [-0.1, -0.05) is 32.0 Å². The molecule has 0 saturated carbocycles. The highest BCUT2D eigenvalue weighted by atomic mass is 16.6. The van der Waals surface area contributed by atoms with Crippen molar-refractivity contribution < 1.29 is 23.6 Å². The van der Waals surface area contributed by atoms with Gasteiger partial charge < -0.3 is 19.2 Å². The van der Waals surface area contributed by atoms with E-state index in [2.05, 4.69) is 25.2 Å². The molecule has 8 heteroatoms. The van der Waals surface area contributed by atoms with Crippen LogP contribution in [0.5, 0.6) is 17.2 Å². The third-order valence-electron chi connectivity index (χ3n) is 6.40. The van der Waals surface area contributed by atoms with Crippen LogP contribution in [0.2, 0.25) is 0 Å². The van der Waals surface area contributed by atoms with Crippen molar-refractivity contribution in [3.05, 3.63) is 110 Å². The fourth-order valence-electron chi connectivity index (χ4n) is 4.22. The maximum absolute atomic E-state index is 12.9. The van der Waals surface area contributed by atoms with Gasteiger partial charge in [-0.15, -0.1) is 0 Å². The smallest absolute Gasteiger partial charge is 0.291 e. The number of anilines is 1. The summed E-state index contributed by atoms with van der Waals surface area (Å²) in [5.41, 5.74) is 5.15. The zero-order valence-corrected chi connectivity index (χ0v) is 23.0. The van der Waals surface area contributed by atoms with Crippen LogP contribution in [-0.4, -0.2) is 10.8 Å². The summed E-state index contributed by atoms with van der Waals surface area (Å²) < 4.78 is 17.7. The Morgan fingerprint density at radius 2 is 1.69 bits per heavy atom. The van der Waals surface area contributed by atoms with Crippen molar-refractivity contribution in [2.24, 2.45) is 0 Å². The molecule has 0 unspecified atom stereocenters. The van der Waals surface area contributed by atoms with Gasteiger partial charge in [0.2, 0.25) is 0 Å². The third kappa shape index (κ3) is 6.65. The first kappa shape index (κ1) is 27.4. The summed E-state index contributed by atoms with van der Waals surface area (Å²) >= 11 is 0. The maximum atomic E-state index is 12.9. The van der Waals surface area contributed by atoms with Crippen molar-refractivity contribution in [3.8, 4) is 17.2 Å². The molecule has 0 fully saturated rings. The zero-order chi connectivity index (χ0) is 28.3. The van der Waals surface area contributed by atoms with E-state index in [1.165, 1.54) is 12.1 Å². The Labute approximate surface area is 227 Å². The summed E-state index contributed by atoms with van der Waals surface area (Å²) in [5.74, 6) is 1.88. The molecule has 0 aliphatic carbocycles. The van der Waals surface area contributed by atoms with Gasteiger partial charge in [-0.2, -0.15) is 0 Å². The number of nitrogens with zero attached hydrogens (tertiary/aromatic N) is 1. The minimum Gasteiger partial charge on any atom is -0.485 e. The number of amides is 1. The van der Waals surface area contributed by atoms with E-state index in [9.17, 15) is 14.9 Å². The van der Waals surface area contributed by atoms with Gasteiger partial charge in [0.15, 0.2) is 5.76 Å². The van der Waals surface area contributed by atoms with Gasteiger partial charge in [0.05, 0.1) is 16.7 Å². The lowest BCUT2D eigenvalue weighted by atomic mass is 10.0. The van der Waals surface area contributed by atoms with Crippen LogP contribution >= 0.6 is 0 Å². The number of benzene rings is 3. The van der Waals surface area contributed by atoms with E-state index in [4.69, 9.17) is 13.9 Å². The number of nitro groups is 1. The third-order valence-corrected chi connectivity index (χ3v) is 6.40. The van der Waals surface area contributed by atoms with Crippen LogP contribution in [-0.2, 0) is 6.61 Å². The second-order valence-electron chi connectivity index (χ2n) is 9.98. The summed E-state index contributed by atoms with van der Waals surface area (Å²) in [6.07, 6.45) is 0. The van der Waals surface area contributed by atoms with Crippen molar-refractivity contribution in [2.75, 3.05) is 5.32 Å². The van der Waals surface area contributed by atoms with E-state index in [1.807, 2.05) is 52.0 Å². The van der Waals surface area contributed by atoms with Crippen LogP contribution < -0.4 is 14.8 Å². The Morgan fingerprint density at radius 1 is 0.949 bits per heavy atom. The normalized spacial score (nSPS) is 10.9. The first-order chi connectivity index (χ1) is 18.5. The first-order valence-electron chi connectivity index (χ1n) is 12.7. The number of ether oxygens (including phenoxy) is 2. The lowest BCUT2D eigenvalue weighted by molar-refractivity contribution is -0.384. The van der Waals surface area contributed by atoms with Gasteiger partial charge >= 0.3 is 0 Å². The molecule has 4 aromatic rings. The number of aryl methyl sites for hydroxylation is 3. The molecule has 0 bridgehead atoms. The standard InChI is InChI=1S/C31H32N2O6/c1-18(2)27-9-7-19(3)12-30(27)37-17-25-8-10-28(38-25)31(34)32-23-14-24(33(35)36)16-26(15-23)39-29-13-20(4)11-21(5)22(29)6/h7-16,18H,17H2,1-6H3,(H,32,34). The van der Waals surface area contributed by atoms with E-state index in [0.717, 1.165) is 33.6 Å². The highest BCUT2D eigenvalue weighted by molar-refractivity contribution is 6.02. The Kier molecular flexibility index (Phi) is 8.04. The van der Waals surface area contributed by atoms with Crippen LogP contribution in [0.3, 0.4) is 0 Å². The summed E-state index contributed by atoms with van der Waals surface area (Å²) in [6.45, 7) is 12.2. The van der Waals surface area contributed by atoms with Crippen LogP contribution in [0.1, 0.15) is 63.9 Å². The number of nitro benzene ring substituents is 1. The predicted octanol–water partition coefficient (Wildman–Crippen LogP) is 8.17. The second-order valence-corrected chi connectivity index (χ2v) is 9.98. The number of non-ortho nitro benzene ring substituents is 1. The summed E-state index contributed by atoms with van der Waals surface area (Å²) in [4.78, 5) is 24.0. The zero-order valence-electron chi connectivity index (χ0n) is 23.0. The monoisotopic (exact) mass is 528 g/mol. The van der Waals surface area contributed by atoms with Crippen LogP contribution in [0.25, 0.3) is 0 Å². The Hall–Kier alpha value is -4.59. The molecule has 3 aromatic carbocycles. The average Bonchev–Trinajstić information content (AvgIpc) is 3.35. The highest BCUT2D eigenvalue weighted by Gasteiger charge is 2.17. The van der Waals surface area contributed by atoms with Gasteiger partial charge in [0.1, 0.15) is 29.6 Å². The lowest BCUT2D eigenvalue weighted by Gasteiger charge is -2.14. The number of carbonyl (C=O) groups excluding carboxylic acids is 1.